The predicted octanol–water partition coefficient (Wildman–Crippen LogP) is 3.32. The number of nitrogens with zero attached hydrogens (tertiary/aromatic N) is 2. The molecule has 3 aliphatic rings. The van der Waals surface area contributed by atoms with Crippen molar-refractivity contribution in [3.05, 3.63) is 38.7 Å². The molecule has 1 heterocycles. The third-order valence-corrected chi connectivity index (χ3v) is 12.6. The summed E-state index contributed by atoms with van der Waals surface area (Å²) in [5, 5.41) is 11.4. The molecular weight excluding hydrogens is 713 g/mol. The number of ketones is 1. The molecular formula is C43H64N6O7. The zero-order chi connectivity index (χ0) is 42.1. The number of hydrogen-bond acceptors (Lipinski definition) is 8. The second-order valence-electron chi connectivity index (χ2n) is 19.3. The van der Waals surface area contributed by atoms with Gasteiger partial charge in [0.05, 0.1) is 17.8 Å². The second kappa shape index (κ2) is 16.6. The van der Waals surface area contributed by atoms with E-state index in [9.17, 15) is 33.6 Å². The van der Waals surface area contributed by atoms with E-state index in [1.807, 2.05) is 48.5 Å². The number of anilines is 1. The van der Waals surface area contributed by atoms with E-state index in [0.717, 1.165) is 19.3 Å². The van der Waals surface area contributed by atoms with E-state index >= 15 is 0 Å². The molecule has 1 aromatic rings. The first-order valence-corrected chi connectivity index (χ1v) is 20.0. The van der Waals surface area contributed by atoms with Gasteiger partial charge in [0.15, 0.2) is 0 Å². The van der Waals surface area contributed by atoms with Gasteiger partial charge in [-0.25, -0.2) is 4.79 Å². The first-order valence-electron chi connectivity index (χ1n) is 20.0. The first-order chi connectivity index (χ1) is 25.9. The number of Topliss-reactive ketones (excluding diaryl/α,β-unsaturated/α-hetero) is 1. The molecule has 1 aliphatic heterocycles. The molecule has 3 fully saturated rings. The van der Waals surface area contributed by atoms with E-state index in [2.05, 4.69) is 47.6 Å². The third kappa shape index (κ3) is 9.05. The molecule has 0 bridgehead atoms. The Balaban J connectivity index is 1.61. The Hall–Kier alpha value is -4.47. The average molecular weight is 777 g/mol. The van der Waals surface area contributed by atoms with Crippen LogP contribution in [0.15, 0.2) is 22.2 Å². The molecule has 2 aliphatic carbocycles. The highest BCUT2D eigenvalue weighted by atomic mass is 16.2. The fraction of sp³-hybridized carbons (Fsp3) is 0.698. The van der Waals surface area contributed by atoms with Crippen molar-refractivity contribution in [2.24, 2.45) is 28.1 Å². The smallest absolute Gasteiger partial charge is 0.315 e. The van der Waals surface area contributed by atoms with E-state index < -0.39 is 74.9 Å². The Morgan fingerprint density at radius 2 is 1.61 bits per heavy atom. The van der Waals surface area contributed by atoms with Crippen molar-refractivity contribution in [2.75, 3.05) is 31.6 Å². The van der Waals surface area contributed by atoms with Crippen LogP contribution in [0, 0.1) is 40.4 Å². The van der Waals surface area contributed by atoms with Crippen molar-refractivity contribution >= 4 is 35.2 Å². The van der Waals surface area contributed by atoms with Crippen molar-refractivity contribution in [1.29, 1.82) is 0 Å². The van der Waals surface area contributed by atoms with E-state index in [4.69, 9.17) is 6.42 Å². The number of rotatable bonds is 15. The lowest BCUT2D eigenvalue weighted by molar-refractivity contribution is -0.146. The number of likely N-dealkylation sites (tertiary alicyclic amines) is 1. The van der Waals surface area contributed by atoms with Crippen molar-refractivity contribution in [2.45, 2.75) is 137 Å². The number of carbonyl (C=O) groups excluding carboxylic acids is 5. The molecule has 6 atom stereocenters. The van der Waals surface area contributed by atoms with Gasteiger partial charge in [0.2, 0.25) is 28.5 Å². The summed E-state index contributed by atoms with van der Waals surface area (Å²) in [5.41, 5.74) is -2.08. The lowest BCUT2D eigenvalue weighted by Gasteiger charge is -2.43. The molecule has 56 heavy (non-hydrogen) atoms. The summed E-state index contributed by atoms with van der Waals surface area (Å²) in [4.78, 5) is 97.8. The van der Waals surface area contributed by atoms with Gasteiger partial charge in [0.25, 0.3) is 5.91 Å². The van der Waals surface area contributed by atoms with Gasteiger partial charge in [0.1, 0.15) is 12.1 Å². The van der Waals surface area contributed by atoms with E-state index in [1.54, 1.807) is 16.8 Å². The van der Waals surface area contributed by atoms with Crippen LogP contribution in [0.4, 0.5) is 10.5 Å². The molecule has 4 N–H and O–H groups in total. The predicted molar refractivity (Wildman–Crippen MR) is 218 cm³/mol. The molecule has 0 unspecified atom stereocenters. The van der Waals surface area contributed by atoms with Crippen LogP contribution in [0.25, 0.3) is 0 Å². The summed E-state index contributed by atoms with van der Waals surface area (Å²) in [6.45, 7) is 21.9. The Bertz CT molecular complexity index is 1810. The zero-order valence-electron chi connectivity index (χ0n) is 35.1. The summed E-state index contributed by atoms with van der Waals surface area (Å²) in [7, 11) is 1.74. The SMILES string of the molecule is C#CCC[C@H](NC(=O)[C@@H]1[C@@H]2[C@H](CN1C(=O)[C@@H](NC(=O)N[C@H](CN(C)c1c(C(C)(C)C)c(=O)c1=O)C(C)(C)C)C1(C)CCCCC1)C2(C)C)C(=O)C(=O)NCC=C. The number of urea groups is 1. The molecule has 0 radical (unpaired) electrons. The molecule has 13 nitrogen and oxygen atoms in total. The third-order valence-electron chi connectivity index (χ3n) is 12.6. The van der Waals surface area contributed by atoms with Gasteiger partial charge in [-0.15, -0.1) is 18.9 Å². The quantitative estimate of drug-likeness (QED) is 0.119. The largest absolute Gasteiger partial charge is 0.369 e. The summed E-state index contributed by atoms with van der Waals surface area (Å²) in [6.07, 6.45) is 11.3. The molecule has 4 rings (SSSR count). The lowest BCUT2D eigenvalue weighted by Crippen LogP contribution is -2.63. The monoisotopic (exact) mass is 776 g/mol. The number of fused-ring (bicyclic) bond motifs is 1. The van der Waals surface area contributed by atoms with E-state index in [1.165, 1.54) is 6.08 Å². The van der Waals surface area contributed by atoms with Crippen LogP contribution in [-0.2, 0) is 24.6 Å². The van der Waals surface area contributed by atoms with E-state index in [0.29, 0.717) is 30.6 Å². The van der Waals surface area contributed by atoms with Crippen molar-refractivity contribution in [3.63, 3.8) is 0 Å². The van der Waals surface area contributed by atoms with Crippen LogP contribution in [0.5, 0.6) is 0 Å². The van der Waals surface area contributed by atoms with E-state index in [-0.39, 0.29) is 49.1 Å². The van der Waals surface area contributed by atoms with Gasteiger partial charge in [-0.2, -0.15) is 0 Å². The summed E-state index contributed by atoms with van der Waals surface area (Å²) in [6, 6.07) is -4.14. The molecule has 1 saturated heterocycles. The summed E-state index contributed by atoms with van der Waals surface area (Å²) >= 11 is 0. The fourth-order valence-electron chi connectivity index (χ4n) is 9.00. The number of terminal acetylenes is 1. The average Bonchev–Trinajstić information content (AvgIpc) is 3.41. The first kappa shape index (κ1) is 44.2. The highest BCUT2D eigenvalue weighted by Gasteiger charge is 2.70. The van der Waals surface area contributed by atoms with Crippen LogP contribution in [-0.4, -0.2) is 85.3 Å². The van der Waals surface area contributed by atoms with Gasteiger partial charge in [0, 0.05) is 38.7 Å². The highest BCUT2D eigenvalue weighted by Crippen LogP contribution is 2.65. The molecule has 0 spiro atoms. The molecule has 2 saturated carbocycles. The molecule has 1 aromatic carbocycles. The Kier molecular flexibility index (Phi) is 13.1. The topological polar surface area (TPSA) is 174 Å². The minimum absolute atomic E-state index is 0.0285. The van der Waals surface area contributed by atoms with Gasteiger partial charge in [-0.1, -0.05) is 87.7 Å². The minimum Gasteiger partial charge on any atom is -0.369 e. The van der Waals surface area contributed by atoms with Crippen LogP contribution in [0.2, 0.25) is 0 Å². The summed E-state index contributed by atoms with van der Waals surface area (Å²) in [5.74, 6) is -0.294. The Morgan fingerprint density at radius 3 is 2.16 bits per heavy atom. The minimum atomic E-state index is -1.19. The number of amides is 5. The van der Waals surface area contributed by atoms with Crippen LogP contribution < -0.4 is 37.0 Å². The maximum Gasteiger partial charge on any atom is 0.315 e. The van der Waals surface area contributed by atoms with Crippen molar-refractivity contribution in [3.8, 4) is 12.3 Å². The molecule has 13 heteroatoms. The van der Waals surface area contributed by atoms with Crippen molar-refractivity contribution < 1.29 is 24.0 Å². The molecule has 0 aromatic heterocycles. The van der Waals surface area contributed by atoms with Gasteiger partial charge >= 0.3 is 6.03 Å². The standard InChI is InChI=1S/C43H64N6O7/c1-13-15-19-26(32(50)37(54)44-22-14-2)45-36(53)31-28-25(42(28,9)10)23-49(31)38(55)35(43(11)20-17-16-18-21-43)47-39(56)46-27(40(3,4)5)24-48(12)30-29(41(6,7)8)33(51)34(30)52/h1,14,25-28,31,35H,2,15-24H2,3-12H3,(H,44,54)(H,45,53)(H2,46,47,56)/t25-,26-,27+,28-,31-,35+/m0/s1. The number of piperidine rings is 1. The van der Waals surface area contributed by atoms with Gasteiger partial charge < -0.3 is 31.1 Å². The Labute approximate surface area is 332 Å². The normalized spacial score (nSPS) is 22.7. The number of likely N-dealkylation sites (N-methyl/N-ethyl adjacent to an activating group) is 1. The van der Waals surface area contributed by atoms with Crippen LogP contribution >= 0.6 is 0 Å². The maximum atomic E-state index is 14.9. The second-order valence-corrected chi connectivity index (χ2v) is 19.3. The molecule has 308 valence electrons. The molecule has 5 amide bonds. The summed E-state index contributed by atoms with van der Waals surface area (Å²) < 4.78 is 0. The lowest BCUT2D eigenvalue weighted by atomic mass is 9.70. The number of hydrogen-bond donors (Lipinski definition) is 4. The van der Waals surface area contributed by atoms with Crippen LogP contribution in [0.1, 0.15) is 113 Å². The maximum absolute atomic E-state index is 14.9. The van der Waals surface area contributed by atoms with Gasteiger partial charge in [-0.05, 0) is 52.8 Å². The zero-order valence-corrected chi connectivity index (χ0v) is 35.1. The van der Waals surface area contributed by atoms with Gasteiger partial charge in [-0.3, -0.25) is 28.8 Å². The number of nitrogens with one attached hydrogen (secondary N) is 4. The fourth-order valence-corrected chi connectivity index (χ4v) is 9.00. The highest BCUT2D eigenvalue weighted by molar-refractivity contribution is 6.38. The number of carbonyl (C=O) groups is 5. The van der Waals surface area contributed by atoms with Crippen molar-refractivity contribution in [1.82, 2.24) is 26.2 Å². The van der Waals surface area contributed by atoms with Crippen LogP contribution in [0.3, 0.4) is 0 Å². The Morgan fingerprint density at radius 1 is 0.982 bits per heavy atom.